The van der Waals surface area contributed by atoms with Gasteiger partial charge in [-0.1, -0.05) is 12.1 Å². The predicted molar refractivity (Wildman–Crippen MR) is 67.3 cm³/mol. The molecule has 1 fully saturated rings. The molecule has 0 bridgehead atoms. The van der Waals surface area contributed by atoms with Crippen LogP contribution in [0.15, 0.2) is 24.3 Å². The van der Waals surface area contributed by atoms with Gasteiger partial charge in [0.1, 0.15) is 0 Å². The van der Waals surface area contributed by atoms with Crippen molar-refractivity contribution in [2.24, 2.45) is 0 Å². The van der Waals surface area contributed by atoms with E-state index in [2.05, 4.69) is 4.74 Å². The van der Waals surface area contributed by atoms with Crippen molar-refractivity contribution >= 4 is 11.9 Å². The molecule has 1 aromatic rings. The number of hydrogen-bond donors (Lipinski definition) is 0. The highest BCUT2D eigenvalue weighted by Gasteiger charge is 2.29. The van der Waals surface area contributed by atoms with Crippen LogP contribution in [-0.2, 0) is 16.0 Å². The number of carbonyl (C=O) groups excluding carboxylic acids is 2. The summed E-state index contributed by atoms with van der Waals surface area (Å²) in [4.78, 5) is 25.0. The van der Waals surface area contributed by atoms with Crippen LogP contribution in [0.25, 0.3) is 0 Å². The van der Waals surface area contributed by atoms with Gasteiger partial charge >= 0.3 is 5.97 Å². The second-order valence-electron chi connectivity index (χ2n) is 4.60. The summed E-state index contributed by atoms with van der Waals surface area (Å²) >= 11 is 0. The molecule has 0 N–H and O–H groups in total. The molecule has 1 aromatic carbocycles. The fourth-order valence-electron chi connectivity index (χ4n) is 1.84. The Labute approximate surface area is 107 Å². The minimum Gasteiger partial charge on any atom is -0.465 e. The number of methoxy groups -OCH3 is 1. The first kappa shape index (κ1) is 12.6. The van der Waals surface area contributed by atoms with Gasteiger partial charge in [-0.2, -0.15) is 0 Å². The van der Waals surface area contributed by atoms with E-state index in [-0.39, 0.29) is 11.9 Å². The van der Waals surface area contributed by atoms with E-state index in [4.69, 9.17) is 0 Å². The first-order valence-electron chi connectivity index (χ1n) is 6.04. The molecule has 96 valence electrons. The molecule has 4 heteroatoms. The van der Waals surface area contributed by atoms with E-state index >= 15 is 0 Å². The maximum absolute atomic E-state index is 11.9. The van der Waals surface area contributed by atoms with Gasteiger partial charge < -0.3 is 9.64 Å². The van der Waals surface area contributed by atoms with Crippen molar-refractivity contribution in [3.63, 3.8) is 0 Å². The van der Waals surface area contributed by atoms with Crippen LogP contribution in [-0.4, -0.2) is 37.0 Å². The summed E-state index contributed by atoms with van der Waals surface area (Å²) < 4.78 is 4.62. The molecule has 18 heavy (non-hydrogen) atoms. The molecule has 0 spiro atoms. The first-order valence-corrected chi connectivity index (χ1v) is 6.04. The average Bonchev–Trinajstić information content (AvgIpc) is 3.22. The van der Waals surface area contributed by atoms with Gasteiger partial charge in [0, 0.05) is 13.1 Å². The summed E-state index contributed by atoms with van der Waals surface area (Å²) in [6, 6.07) is 7.40. The molecule has 0 atom stereocenters. The van der Waals surface area contributed by atoms with E-state index in [0.29, 0.717) is 18.0 Å². The van der Waals surface area contributed by atoms with E-state index in [1.807, 2.05) is 11.9 Å². The summed E-state index contributed by atoms with van der Waals surface area (Å²) in [5, 5.41) is 0. The van der Waals surface area contributed by atoms with Gasteiger partial charge in [0.15, 0.2) is 0 Å². The van der Waals surface area contributed by atoms with Gasteiger partial charge in [-0.15, -0.1) is 0 Å². The van der Waals surface area contributed by atoms with Crippen LogP contribution < -0.4 is 0 Å². The smallest absolute Gasteiger partial charge is 0.337 e. The monoisotopic (exact) mass is 247 g/mol. The summed E-state index contributed by atoms with van der Waals surface area (Å²) in [5.41, 5.74) is 1.42. The van der Waals surface area contributed by atoms with Crippen LogP contribution in [0, 0.1) is 0 Å². The highest BCUT2D eigenvalue weighted by molar-refractivity contribution is 5.89. The van der Waals surface area contributed by atoms with E-state index in [1.165, 1.54) is 7.11 Å². The number of likely N-dealkylation sites (N-methyl/N-ethyl adjacent to an activating group) is 1. The number of rotatable bonds is 4. The van der Waals surface area contributed by atoms with Crippen molar-refractivity contribution in [1.82, 2.24) is 4.90 Å². The zero-order valence-electron chi connectivity index (χ0n) is 10.7. The average molecular weight is 247 g/mol. The molecule has 0 unspecified atom stereocenters. The Balaban J connectivity index is 1.97. The molecule has 4 nitrogen and oxygen atoms in total. The van der Waals surface area contributed by atoms with E-state index < -0.39 is 0 Å². The molecule has 1 aliphatic rings. The van der Waals surface area contributed by atoms with Gasteiger partial charge in [0.25, 0.3) is 0 Å². The molecule has 1 amide bonds. The van der Waals surface area contributed by atoms with E-state index in [1.54, 1.807) is 24.3 Å². The number of hydrogen-bond acceptors (Lipinski definition) is 3. The van der Waals surface area contributed by atoms with Crippen LogP contribution in [0.5, 0.6) is 0 Å². The fourth-order valence-corrected chi connectivity index (χ4v) is 1.84. The molecule has 0 aliphatic heterocycles. The normalized spacial score (nSPS) is 14.1. The fraction of sp³-hybridized carbons (Fsp3) is 0.429. The van der Waals surface area contributed by atoms with Crippen molar-refractivity contribution in [3.05, 3.63) is 35.4 Å². The summed E-state index contributed by atoms with van der Waals surface area (Å²) in [5.74, 6) is -0.230. The predicted octanol–water partition coefficient (Wildman–Crippen LogP) is 1.64. The Morgan fingerprint density at radius 1 is 1.28 bits per heavy atom. The Kier molecular flexibility index (Phi) is 3.65. The zero-order valence-corrected chi connectivity index (χ0v) is 10.7. The van der Waals surface area contributed by atoms with Gasteiger partial charge in [-0.05, 0) is 30.5 Å². The first-order chi connectivity index (χ1) is 8.61. The highest BCUT2D eigenvalue weighted by Crippen LogP contribution is 2.25. The van der Waals surface area contributed by atoms with Gasteiger partial charge in [0.05, 0.1) is 19.1 Å². The third-order valence-corrected chi connectivity index (χ3v) is 3.22. The lowest BCUT2D eigenvalue weighted by molar-refractivity contribution is -0.129. The number of amides is 1. The molecule has 0 aromatic heterocycles. The molecule has 1 saturated carbocycles. The van der Waals surface area contributed by atoms with E-state index in [9.17, 15) is 9.59 Å². The molecule has 0 saturated heterocycles. The summed E-state index contributed by atoms with van der Waals surface area (Å²) in [6.07, 6.45) is 2.61. The SMILES string of the molecule is COC(=O)c1ccc(CC(=O)N(C)C2CC2)cc1. The summed E-state index contributed by atoms with van der Waals surface area (Å²) in [7, 11) is 3.20. The minimum atomic E-state index is -0.358. The van der Waals surface area contributed by atoms with Crippen molar-refractivity contribution < 1.29 is 14.3 Å². The maximum Gasteiger partial charge on any atom is 0.337 e. The van der Waals surface area contributed by atoms with Crippen molar-refractivity contribution in [1.29, 1.82) is 0 Å². The van der Waals surface area contributed by atoms with Crippen LogP contribution in [0.3, 0.4) is 0 Å². The quantitative estimate of drug-likeness (QED) is 0.760. The van der Waals surface area contributed by atoms with Gasteiger partial charge in [0.2, 0.25) is 5.91 Å². The Hall–Kier alpha value is -1.84. The maximum atomic E-state index is 11.9. The number of ether oxygens (including phenoxy) is 1. The van der Waals surface area contributed by atoms with E-state index in [0.717, 1.165) is 18.4 Å². The van der Waals surface area contributed by atoms with Crippen molar-refractivity contribution in [2.45, 2.75) is 25.3 Å². The second kappa shape index (κ2) is 5.21. The Morgan fingerprint density at radius 3 is 2.39 bits per heavy atom. The van der Waals surface area contributed by atoms with Crippen LogP contribution >= 0.6 is 0 Å². The van der Waals surface area contributed by atoms with Gasteiger partial charge in [-0.3, -0.25) is 4.79 Å². The standard InChI is InChI=1S/C14H17NO3/c1-15(12-7-8-12)13(16)9-10-3-5-11(6-4-10)14(17)18-2/h3-6,12H,7-9H2,1-2H3. The zero-order chi connectivity index (χ0) is 13.1. The molecule has 0 heterocycles. The number of esters is 1. The molecular weight excluding hydrogens is 230 g/mol. The lowest BCUT2D eigenvalue weighted by Gasteiger charge is -2.16. The topological polar surface area (TPSA) is 46.6 Å². The van der Waals surface area contributed by atoms with Crippen molar-refractivity contribution in [2.75, 3.05) is 14.2 Å². The molecule has 0 radical (unpaired) electrons. The van der Waals surface area contributed by atoms with Crippen LogP contribution in [0.4, 0.5) is 0 Å². The lowest BCUT2D eigenvalue weighted by Crippen LogP contribution is -2.30. The number of carbonyl (C=O) groups is 2. The third-order valence-electron chi connectivity index (χ3n) is 3.22. The Bertz CT molecular complexity index is 449. The molecule has 1 aliphatic carbocycles. The number of nitrogens with zero attached hydrogens (tertiary/aromatic N) is 1. The molecule has 2 rings (SSSR count). The van der Waals surface area contributed by atoms with Crippen molar-refractivity contribution in [3.8, 4) is 0 Å². The largest absolute Gasteiger partial charge is 0.465 e. The van der Waals surface area contributed by atoms with Gasteiger partial charge in [-0.25, -0.2) is 4.79 Å². The Morgan fingerprint density at radius 2 is 1.89 bits per heavy atom. The summed E-state index contributed by atoms with van der Waals surface area (Å²) in [6.45, 7) is 0. The van der Waals surface area contributed by atoms with Crippen LogP contribution in [0.2, 0.25) is 0 Å². The molecular formula is C14H17NO3. The number of benzene rings is 1. The highest BCUT2D eigenvalue weighted by atomic mass is 16.5. The third kappa shape index (κ3) is 2.88. The lowest BCUT2D eigenvalue weighted by atomic mass is 10.1. The van der Waals surface area contributed by atoms with Crippen LogP contribution in [0.1, 0.15) is 28.8 Å². The minimum absolute atomic E-state index is 0.128. The second-order valence-corrected chi connectivity index (χ2v) is 4.60.